The molecule has 9 heteroatoms. The lowest BCUT2D eigenvalue weighted by molar-refractivity contribution is -0.127. The number of hydrogen-bond acceptors (Lipinski definition) is 7. The van der Waals surface area contributed by atoms with E-state index in [0.29, 0.717) is 34.5 Å². The molecule has 188 valence electrons. The van der Waals surface area contributed by atoms with E-state index in [1.54, 1.807) is 31.3 Å². The standard InChI is InChI=1S/C27H30N4O5/c1-16-11-17(2)13-19(12-16)31-26(32)20-7-5-6-8-21(20)30(27(31)33)15-24-28-25(29-36-24)18-9-10-22(34-3)23(14-18)35-4/h9-14,20-21H,5-8,15H2,1-4H3. The Morgan fingerprint density at radius 3 is 2.42 bits per heavy atom. The number of rotatable bonds is 6. The van der Waals surface area contributed by atoms with E-state index in [1.807, 2.05) is 38.1 Å². The Bertz CT molecular complexity index is 1280. The normalized spacial score (nSPS) is 19.9. The maximum atomic E-state index is 13.8. The van der Waals surface area contributed by atoms with Crippen molar-refractivity contribution in [2.75, 3.05) is 19.1 Å². The van der Waals surface area contributed by atoms with Gasteiger partial charge in [0, 0.05) is 11.6 Å². The summed E-state index contributed by atoms with van der Waals surface area (Å²) in [5, 5.41) is 4.13. The molecule has 2 aromatic carbocycles. The molecule has 2 fully saturated rings. The number of aryl methyl sites for hydroxylation is 2. The molecule has 9 nitrogen and oxygen atoms in total. The third kappa shape index (κ3) is 4.29. The first-order chi connectivity index (χ1) is 17.4. The second-order valence-electron chi connectivity index (χ2n) is 9.47. The van der Waals surface area contributed by atoms with Crippen molar-refractivity contribution in [3.63, 3.8) is 0 Å². The van der Waals surface area contributed by atoms with Gasteiger partial charge in [-0.15, -0.1) is 0 Å². The first-order valence-corrected chi connectivity index (χ1v) is 12.2. The number of urea groups is 1. The quantitative estimate of drug-likeness (QED) is 0.485. The zero-order valence-corrected chi connectivity index (χ0v) is 21.0. The van der Waals surface area contributed by atoms with Crippen LogP contribution in [0.15, 0.2) is 40.9 Å². The molecule has 3 aromatic rings. The number of benzene rings is 2. The number of anilines is 1. The van der Waals surface area contributed by atoms with Gasteiger partial charge in [-0.3, -0.25) is 4.79 Å². The van der Waals surface area contributed by atoms with Crippen LogP contribution >= 0.6 is 0 Å². The zero-order valence-electron chi connectivity index (χ0n) is 21.0. The van der Waals surface area contributed by atoms with Crippen LogP contribution < -0.4 is 14.4 Å². The summed E-state index contributed by atoms with van der Waals surface area (Å²) in [6.45, 7) is 4.06. The second-order valence-corrected chi connectivity index (χ2v) is 9.47. The number of hydrogen-bond donors (Lipinski definition) is 0. The molecule has 1 aliphatic heterocycles. The van der Waals surface area contributed by atoms with E-state index in [4.69, 9.17) is 14.0 Å². The summed E-state index contributed by atoms with van der Waals surface area (Å²) < 4.78 is 16.2. The van der Waals surface area contributed by atoms with Gasteiger partial charge in [-0.2, -0.15) is 4.98 Å². The third-order valence-corrected chi connectivity index (χ3v) is 6.98. The summed E-state index contributed by atoms with van der Waals surface area (Å²) in [6, 6.07) is 10.6. The summed E-state index contributed by atoms with van der Waals surface area (Å²) in [4.78, 5) is 34.9. The van der Waals surface area contributed by atoms with E-state index in [2.05, 4.69) is 10.1 Å². The highest BCUT2D eigenvalue weighted by Crippen LogP contribution is 2.38. The smallest absolute Gasteiger partial charge is 0.332 e. The fourth-order valence-electron chi connectivity index (χ4n) is 5.36. The predicted octanol–water partition coefficient (Wildman–Crippen LogP) is 4.90. The number of methoxy groups -OCH3 is 2. The zero-order chi connectivity index (χ0) is 25.4. The highest BCUT2D eigenvalue weighted by molar-refractivity contribution is 6.17. The highest BCUT2D eigenvalue weighted by Gasteiger charge is 2.48. The number of carbonyl (C=O) groups is 2. The average Bonchev–Trinajstić information content (AvgIpc) is 3.34. The molecule has 0 N–H and O–H groups in total. The lowest BCUT2D eigenvalue weighted by atomic mass is 9.81. The highest BCUT2D eigenvalue weighted by atomic mass is 16.5. The molecule has 3 amide bonds. The van der Waals surface area contributed by atoms with E-state index in [-0.39, 0.29) is 30.4 Å². The number of ether oxygens (including phenoxy) is 2. The topological polar surface area (TPSA) is 98.0 Å². The Labute approximate surface area is 210 Å². The molecular formula is C27H30N4O5. The molecule has 2 atom stereocenters. The minimum Gasteiger partial charge on any atom is -0.493 e. The lowest BCUT2D eigenvalue weighted by Gasteiger charge is -2.46. The lowest BCUT2D eigenvalue weighted by Crippen LogP contribution is -2.62. The van der Waals surface area contributed by atoms with Crippen LogP contribution in [0.25, 0.3) is 11.4 Å². The molecule has 2 heterocycles. The average molecular weight is 491 g/mol. The third-order valence-electron chi connectivity index (χ3n) is 6.98. The van der Waals surface area contributed by atoms with Crippen LogP contribution in [0.4, 0.5) is 10.5 Å². The maximum Gasteiger partial charge on any atom is 0.332 e. The van der Waals surface area contributed by atoms with Crippen molar-refractivity contribution in [3.8, 4) is 22.9 Å². The summed E-state index contributed by atoms with van der Waals surface area (Å²) >= 11 is 0. The Morgan fingerprint density at radius 2 is 1.69 bits per heavy atom. The largest absolute Gasteiger partial charge is 0.493 e. The van der Waals surface area contributed by atoms with Crippen molar-refractivity contribution >= 4 is 17.6 Å². The van der Waals surface area contributed by atoms with E-state index >= 15 is 0 Å². The van der Waals surface area contributed by atoms with Gasteiger partial charge >= 0.3 is 6.03 Å². The molecule has 1 saturated heterocycles. The van der Waals surface area contributed by atoms with Gasteiger partial charge in [0.1, 0.15) is 6.54 Å². The number of fused-ring (bicyclic) bond motifs is 1. The molecule has 0 spiro atoms. The summed E-state index contributed by atoms with van der Waals surface area (Å²) in [7, 11) is 3.14. The van der Waals surface area contributed by atoms with E-state index in [9.17, 15) is 9.59 Å². The Balaban J connectivity index is 1.45. The van der Waals surface area contributed by atoms with Crippen molar-refractivity contribution in [1.82, 2.24) is 15.0 Å². The van der Waals surface area contributed by atoms with Gasteiger partial charge in [0.05, 0.1) is 25.8 Å². The molecular weight excluding hydrogens is 460 g/mol. The SMILES string of the molecule is COc1ccc(-c2noc(CN3C(=O)N(c4cc(C)cc(C)c4)C(=O)C4CCCCC43)n2)cc1OC. The Kier molecular flexibility index (Phi) is 6.38. The molecule has 5 rings (SSSR count). The van der Waals surface area contributed by atoms with Crippen LogP contribution in [-0.4, -0.2) is 47.2 Å². The van der Waals surface area contributed by atoms with Crippen LogP contribution in [0.5, 0.6) is 11.5 Å². The molecule has 0 radical (unpaired) electrons. The van der Waals surface area contributed by atoms with Gasteiger partial charge in [-0.05, 0) is 68.1 Å². The van der Waals surface area contributed by atoms with Gasteiger partial charge in [-0.25, -0.2) is 9.69 Å². The van der Waals surface area contributed by atoms with Crippen molar-refractivity contribution < 1.29 is 23.6 Å². The molecule has 2 aliphatic rings. The van der Waals surface area contributed by atoms with Crippen molar-refractivity contribution in [2.45, 2.75) is 52.1 Å². The minimum absolute atomic E-state index is 0.123. The number of imide groups is 1. The van der Waals surface area contributed by atoms with Crippen LogP contribution in [0, 0.1) is 19.8 Å². The number of aromatic nitrogens is 2. The van der Waals surface area contributed by atoms with Gasteiger partial charge in [0.15, 0.2) is 11.5 Å². The summed E-state index contributed by atoms with van der Waals surface area (Å²) in [5.74, 6) is 1.49. The van der Waals surface area contributed by atoms with E-state index < -0.39 is 0 Å². The number of amides is 3. The van der Waals surface area contributed by atoms with Crippen molar-refractivity contribution in [3.05, 3.63) is 53.4 Å². The second kappa shape index (κ2) is 9.64. The molecule has 1 saturated carbocycles. The van der Waals surface area contributed by atoms with E-state index in [1.165, 1.54) is 4.90 Å². The number of carbonyl (C=O) groups excluding carboxylic acids is 2. The molecule has 1 aliphatic carbocycles. The van der Waals surface area contributed by atoms with Gasteiger partial charge in [0.2, 0.25) is 17.6 Å². The maximum absolute atomic E-state index is 13.8. The van der Waals surface area contributed by atoms with Gasteiger partial charge in [0.25, 0.3) is 0 Å². The number of nitrogens with zero attached hydrogens (tertiary/aromatic N) is 4. The van der Waals surface area contributed by atoms with Gasteiger partial charge in [-0.1, -0.05) is 24.1 Å². The predicted molar refractivity (Wildman–Crippen MR) is 133 cm³/mol. The molecule has 0 bridgehead atoms. The minimum atomic E-state index is -0.348. The van der Waals surface area contributed by atoms with Crippen LogP contribution in [0.2, 0.25) is 0 Å². The first-order valence-electron chi connectivity index (χ1n) is 12.2. The molecule has 2 unspecified atom stereocenters. The van der Waals surface area contributed by atoms with Crippen LogP contribution in [0.3, 0.4) is 0 Å². The summed E-state index contributed by atoms with van der Waals surface area (Å²) in [6.07, 6.45) is 3.48. The van der Waals surface area contributed by atoms with Crippen LogP contribution in [-0.2, 0) is 11.3 Å². The monoisotopic (exact) mass is 490 g/mol. The van der Waals surface area contributed by atoms with Gasteiger partial charge < -0.3 is 18.9 Å². The Hall–Kier alpha value is -3.88. The van der Waals surface area contributed by atoms with Crippen LogP contribution in [0.1, 0.15) is 42.7 Å². The fourth-order valence-corrected chi connectivity index (χ4v) is 5.36. The molecule has 1 aromatic heterocycles. The summed E-state index contributed by atoms with van der Waals surface area (Å²) in [5.41, 5.74) is 3.31. The molecule has 36 heavy (non-hydrogen) atoms. The fraction of sp³-hybridized carbons (Fsp3) is 0.407. The van der Waals surface area contributed by atoms with Crippen molar-refractivity contribution in [2.24, 2.45) is 5.92 Å². The van der Waals surface area contributed by atoms with E-state index in [0.717, 1.165) is 36.8 Å². The Morgan fingerprint density at radius 1 is 0.972 bits per heavy atom. The van der Waals surface area contributed by atoms with Crippen molar-refractivity contribution in [1.29, 1.82) is 0 Å². The first kappa shape index (κ1) is 23.8.